The summed E-state index contributed by atoms with van der Waals surface area (Å²) in [5.74, 6) is 1.31. The molecule has 2 amide bonds. The Labute approximate surface area is 155 Å². The van der Waals surface area contributed by atoms with Crippen LogP contribution in [0.1, 0.15) is 55.8 Å². The van der Waals surface area contributed by atoms with Gasteiger partial charge < -0.3 is 15.1 Å². The van der Waals surface area contributed by atoms with Gasteiger partial charge in [-0.25, -0.2) is 4.98 Å². The summed E-state index contributed by atoms with van der Waals surface area (Å²) in [6, 6.07) is 3.89. The molecule has 6 nitrogen and oxygen atoms in total. The van der Waals surface area contributed by atoms with Gasteiger partial charge in [0.25, 0.3) is 5.91 Å². The van der Waals surface area contributed by atoms with E-state index in [0.29, 0.717) is 18.7 Å². The Balaban J connectivity index is 1.34. The minimum Gasteiger partial charge on any atom is -0.365 e. The van der Waals surface area contributed by atoms with Crippen LogP contribution in [-0.4, -0.2) is 58.3 Å². The molecule has 140 valence electrons. The highest BCUT2D eigenvalue weighted by atomic mass is 16.2. The Morgan fingerprint density at radius 3 is 2.62 bits per heavy atom. The van der Waals surface area contributed by atoms with E-state index in [1.165, 1.54) is 6.42 Å². The molecule has 3 aliphatic rings. The maximum Gasteiger partial charge on any atom is 0.255 e. The molecular weight excluding hydrogens is 328 g/mol. The normalized spacial score (nSPS) is 24.1. The smallest absolute Gasteiger partial charge is 0.255 e. The standard InChI is InChI=1S/C20H28N4O2/c1-20(9-3-10-20)22-17-7-6-15(12-21-17)19(26)24-11-8-16(13-24)23(2)18(25)14-4-5-14/h6-7,12,14,16H,3-5,8-11,13H2,1-2H3,(H,21,22). The van der Waals surface area contributed by atoms with Gasteiger partial charge in [-0.1, -0.05) is 0 Å². The largest absolute Gasteiger partial charge is 0.365 e. The number of carbonyl (C=O) groups is 2. The second kappa shape index (κ2) is 6.56. The number of pyridine rings is 1. The number of likely N-dealkylation sites (tertiary alicyclic amines) is 1. The molecule has 1 unspecified atom stereocenters. The number of hydrogen-bond acceptors (Lipinski definition) is 4. The third-order valence-electron chi connectivity index (χ3n) is 6.17. The van der Waals surface area contributed by atoms with Crippen LogP contribution in [0.3, 0.4) is 0 Å². The van der Waals surface area contributed by atoms with Crippen molar-refractivity contribution in [2.45, 2.75) is 57.0 Å². The number of carbonyl (C=O) groups excluding carboxylic acids is 2. The molecule has 1 aromatic heterocycles. The van der Waals surface area contributed by atoms with Crippen molar-refractivity contribution >= 4 is 17.6 Å². The van der Waals surface area contributed by atoms with E-state index >= 15 is 0 Å². The van der Waals surface area contributed by atoms with E-state index in [1.807, 2.05) is 29.0 Å². The van der Waals surface area contributed by atoms with Crippen LogP contribution >= 0.6 is 0 Å². The van der Waals surface area contributed by atoms with Crippen LogP contribution < -0.4 is 5.32 Å². The summed E-state index contributed by atoms with van der Waals surface area (Å²) < 4.78 is 0. The van der Waals surface area contributed by atoms with Gasteiger partial charge in [0, 0.05) is 37.8 Å². The fourth-order valence-electron chi connectivity index (χ4n) is 3.96. The number of nitrogens with zero attached hydrogens (tertiary/aromatic N) is 3. The van der Waals surface area contributed by atoms with Crippen LogP contribution in [0.15, 0.2) is 18.3 Å². The highest BCUT2D eigenvalue weighted by Gasteiger charge is 2.37. The van der Waals surface area contributed by atoms with Crippen molar-refractivity contribution in [3.8, 4) is 0 Å². The van der Waals surface area contributed by atoms with Crippen LogP contribution in [-0.2, 0) is 4.79 Å². The van der Waals surface area contributed by atoms with Gasteiger partial charge in [-0.05, 0) is 57.6 Å². The number of hydrogen-bond donors (Lipinski definition) is 1. The van der Waals surface area contributed by atoms with Crippen molar-refractivity contribution in [3.63, 3.8) is 0 Å². The summed E-state index contributed by atoms with van der Waals surface area (Å²) in [6.45, 7) is 3.52. The summed E-state index contributed by atoms with van der Waals surface area (Å²) in [5, 5.41) is 3.46. The highest BCUT2D eigenvalue weighted by Crippen LogP contribution is 2.34. The molecule has 1 N–H and O–H groups in total. The average molecular weight is 356 g/mol. The molecule has 0 aromatic carbocycles. The van der Waals surface area contributed by atoms with Crippen molar-refractivity contribution in [3.05, 3.63) is 23.9 Å². The number of likely N-dealkylation sites (N-methyl/N-ethyl adjacent to an activating group) is 1. The quantitative estimate of drug-likeness (QED) is 0.880. The van der Waals surface area contributed by atoms with Gasteiger partial charge in [0.05, 0.1) is 11.6 Å². The van der Waals surface area contributed by atoms with Gasteiger partial charge in [0.2, 0.25) is 5.91 Å². The lowest BCUT2D eigenvalue weighted by atomic mass is 9.78. The maximum absolute atomic E-state index is 12.8. The lowest BCUT2D eigenvalue weighted by Gasteiger charge is -2.39. The topological polar surface area (TPSA) is 65.5 Å². The fourth-order valence-corrected chi connectivity index (χ4v) is 3.96. The van der Waals surface area contributed by atoms with E-state index in [2.05, 4.69) is 17.2 Å². The fraction of sp³-hybridized carbons (Fsp3) is 0.650. The molecule has 2 saturated carbocycles. The Morgan fingerprint density at radius 1 is 1.27 bits per heavy atom. The maximum atomic E-state index is 12.8. The SMILES string of the molecule is CN(C(=O)C1CC1)C1CCN(C(=O)c2ccc(NC3(C)CCC3)nc2)C1. The molecule has 6 heteroatoms. The summed E-state index contributed by atoms with van der Waals surface area (Å²) in [6.07, 6.45) is 8.14. The number of rotatable bonds is 5. The lowest BCUT2D eigenvalue weighted by molar-refractivity contribution is -0.133. The molecule has 1 atom stereocenters. The van der Waals surface area contributed by atoms with Crippen molar-refractivity contribution in [1.82, 2.24) is 14.8 Å². The Morgan fingerprint density at radius 2 is 2.04 bits per heavy atom. The van der Waals surface area contributed by atoms with E-state index in [1.54, 1.807) is 6.20 Å². The van der Waals surface area contributed by atoms with Gasteiger partial charge in [0.1, 0.15) is 5.82 Å². The number of nitrogens with one attached hydrogen (secondary N) is 1. The third kappa shape index (κ3) is 3.41. The van der Waals surface area contributed by atoms with E-state index in [9.17, 15) is 9.59 Å². The summed E-state index contributed by atoms with van der Waals surface area (Å²) in [4.78, 5) is 33.1. The molecule has 0 spiro atoms. The molecular formula is C20H28N4O2. The zero-order valence-electron chi connectivity index (χ0n) is 15.7. The van der Waals surface area contributed by atoms with Crippen LogP contribution in [0, 0.1) is 5.92 Å². The third-order valence-corrected chi connectivity index (χ3v) is 6.17. The van der Waals surface area contributed by atoms with Crippen molar-refractivity contribution < 1.29 is 9.59 Å². The first-order chi connectivity index (χ1) is 12.5. The van der Waals surface area contributed by atoms with Gasteiger partial charge in [-0.15, -0.1) is 0 Å². The van der Waals surface area contributed by atoms with Crippen LogP contribution in [0.4, 0.5) is 5.82 Å². The molecule has 0 radical (unpaired) electrons. The number of anilines is 1. The number of aromatic nitrogens is 1. The molecule has 4 rings (SSSR count). The average Bonchev–Trinajstić information content (AvgIpc) is 3.36. The first-order valence-electron chi connectivity index (χ1n) is 9.75. The summed E-state index contributed by atoms with van der Waals surface area (Å²) in [5.41, 5.74) is 0.769. The van der Waals surface area contributed by atoms with Crippen LogP contribution in [0.25, 0.3) is 0 Å². The molecule has 0 bridgehead atoms. The second-order valence-corrected chi connectivity index (χ2v) is 8.39. The Bertz CT molecular complexity index is 694. The Hall–Kier alpha value is -2.11. The van der Waals surface area contributed by atoms with Crippen LogP contribution in [0.2, 0.25) is 0 Å². The first kappa shape index (κ1) is 17.3. The zero-order chi connectivity index (χ0) is 18.3. The van der Waals surface area contributed by atoms with Gasteiger partial charge >= 0.3 is 0 Å². The predicted molar refractivity (Wildman–Crippen MR) is 99.9 cm³/mol. The zero-order valence-corrected chi connectivity index (χ0v) is 15.7. The second-order valence-electron chi connectivity index (χ2n) is 8.39. The number of amides is 2. The monoisotopic (exact) mass is 356 g/mol. The summed E-state index contributed by atoms with van der Waals surface area (Å²) >= 11 is 0. The lowest BCUT2D eigenvalue weighted by Crippen LogP contribution is -2.42. The van der Waals surface area contributed by atoms with Gasteiger partial charge in [-0.2, -0.15) is 0 Å². The van der Waals surface area contributed by atoms with Gasteiger partial charge in [0.15, 0.2) is 0 Å². The van der Waals surface area contributed by atoms with Crippen molar-refractivity contribution in [2.75, 3.05) is 25.5 Å². The van der Waals surface area contributed by atoms with E-state index in [-0.39, 0.29) is 29.3 Å². The molecule has 1 saturated heterocycles. The molecule has 2 heterocycles. The molecule has 26 heavy (non-hydrogen) atoms. The molecule has 2 aliphatic carbocycles. The molecule has 1 aliphatic heterocycles. The molecule has 1 aromatic rings. The minimum absolute atomic E-state index is 0.00803. The summed E-state index contributed by atoms with van der Waals surface area (Å²) in [7, 11) is 1.88. The highest BCUT2D eigenvalue weighted by molar-refractivity contribution is 5.94. The van der Waals surface area contributed by atoms with E-state index < -0.39 is 0 Å². The molecule has 3 fully saturated rings. The minimum atomic E-state index is 0.00803. The van der Waals surface area contributed by atoms with Crippen molar-refractivity contribution in [2.24, 2.45) is 5.92 Å². The van der Waals surface area contributed by atoms with E-state index in [0.717, 1.165) is 37.9 Å². The first-order valence-corrected chi connectivity index (χ1v) is 9.75. The van der Waals surface area contributed by atoms with E-state index in [4.69, 9.17) is 0 Å². The van der Waals surface area contributed by atoms with Crippen LogP contribution in [0.5, 0.6) is 0 Å². The van der Waals surface area contributed by atoms with Crippen molar-refractivity contribution in [1.29, 1.82) is 0 Å². The van der Waals surface area contributed by atoms with Gasteiger partial charge in [-0.3, -0.25) is 9.59 Å². The Kier molecular flexibility index (Phi) is 4.37. The predicted octanol–water partition coefficient (Wildman–Crippen LogP) is 2.52.